The number of nitrogens with one attached hydrogen (secondary N) is 1. The summed E-state index contributed by atoms with van der Waals surface area (Å²) in [5, 5.41) is 13.4. The number of piperazine rings is 1. The van der Waals surface area contributed by atoms with Crippen molar-refractivity contribution in [2.75, 3.05) is 44.6 Å². The molecule has 2 aliphatic rings. The number of aliphatic hydroxyl groups is 1. The molecule has 5 heteroatoms. The van der Waals surface area contributed by atoms with Crippen molar-refractivity contribution in [2.45, 2.75) is 25.4 Å². The summed E-state index contributed by atoms with van der Waals surface area (Å²) in [5.41, 5.74) is 4.58. The summed E-state index contributed by atoms with van der Waals surface area (Å²) in [6, 6.07) is 16.3. The summed E-state index contributed by atoms with van der Waals surface area (Å²) in [6.07, 6.45) is 2.06. The standard InChI is InChI=1S/C23H29N3O2/c27-22(19-4-2-1-3-5-19)17-26-14-12-25(13-15-26)11-10-18-6-8-21-20(16-18)7-9-23(28)24-21/h1-6,8,16,22,27H,7,9-15,17H2,(H,24,28). The highest BCUT2D eigenvalue weighted by Crippen LogP contribution is 2.24. The molecule has 1 unspecified atom stereocenters. The van der Waals surface area contributed by atoms with E-state index in [-0.39, 0.29) is 5.91 Å². The fraction of sp³-hybridized carbons (Fsp3) is 0.435. The van der Waals surface area contributed by atoms with Crippen molar-refractivity contribution >= 4 is 11.6 Å². The Hall–Kier alpha value is -2.21. The molecule has 2 aromatic carbocycles. The average molecular weight is 380 g/mol. The Bertz CT molecular complexity index is 801. The van der Waals surface area contributed by atoms with Crippen LogP contribution in [0, 0.1) is 0 Å². The van der Waals surface area contributed by atoms with E-state index in [0.717, 1.165) is 56.8 Å². The molecule has 0 aromatic heterocycles. The first-order valence-corrected chi connectivity index (χ1v) is 10.3. The van der Waals surface area contributed by atoms with Gasteiger partial charge in [0.15, 0.2) is 0 Å². The van der Waals surface area contributed by atoms with Gasteiger partial charge in [0.25, 0.3) is 0 Å². The molecule has 2 heterocycles. The van der Waals surface area contributed by atoms with E-state index in [0.29, 0.717) is 13.0 Å². The molecule has 2 aromatic rings. The zero-order valence-corrected chi connectivity index (χ0v) is 16.3. The minimum Gasteiger partial charge on any atom is -0.387 e. The first kappa shape index (κ1) is 19.1. The molecule has 2 N–H and O–H groups in total. The average Bonchev–Trinajstić information content (AvgIpc) is 2.74. The number of fused-ring (bicyclic) bond motifs is 1. The van der Waals surface area contributed by atoms with Crippen LogP contribution in [-0.4, -0.2) is 60.1 Å². The van der Waals surface area contributed by atoms with E-state index in [1.54, 1.807) is 0 Å². The Morgan fingerprint density at radius 2 is 1.71 bits per heavy atom. The zero-order chi connectivity index (χ0) is 19.3. The molecule has 1 atom stereocenters. The number of hydrogen-bond donors (Lipinski definition) is 2. The Kier molecular flexibility index (Phi) is 6.05. The predicted octanol–water partition coefficient (Wildman–Crippen LogP) is 2.46. The first-order chi connectivity index (χ1) is 13.7. The molecule has 0 bridgehead atoms. The molecule has 1 fully saturated rings. The minimum atomic E-state index is -0.413. The molecule has 148 valence electrons. The van der Waals surface area contributed by atoms with Crippen molar-refractivity contribution in [2.24, 2.45) is 0 Å². The number of anilines is 1. The largest absolute Gasteiger partial charge is 0.387 e. The maximum atomic E-state index is 11.5. The number of carbonyl (C=O) groups excluding carboxylic acids is 1. The quantitative estimate of drug-likeness (QED) is 0.810. The Morgan fingerprint density at radius 3 is 2.50 bits per heavy atom. The summed E-state index contributed by atoms with van der Waals surface area (Å²) in [4.78, 5) is 16.3. The topological polar surface area (TPSA) is 55.8 Å². The normalized spacial score (nSPS) is 19.1. The lowest BCUT2D eigenvalue weighted by atomic mass is 9.99. The van der Waals surface area contributed by atoms with Gasteiger partial charge in [0.2, 0.25) is 5.91 Å². The second kappa shape index (κ2) is 8.86. The van der Waals surface area contributed by atoms with E-state index in [4.69, 9.17) is 0 Å². The number of β-amino-alcohol motifs (C(OH)–C–C–N with tert-alkyl or cyclic N) is 1. The van der Waals surface area contributed by atoms with Crippen LogP contribution in [0.2, 0.25) is 0 Å². The third kappa shape index (κ3) is 4.79. The van der Waals surface area contributed by atoms with Gasteiger partial charge in [0.05, 0.1) is 6.10 Å². The molecule has 2 aliphatic heterocycles. The second-order valence-corrected chi connectivity index (χ2v) is 7.86. The van der Waals surface area contributed by atoms with E-state index >= 15 is 0 Å². The van der Waals surface area contributed by atoms with Crippen molar-refractivity contribution < 1.29 is 9.90 Å². The summed E-state index contributed by atoms with van der Waals surface area (Å²) >= 11 is 0. The number of nitrogens with zero attached hydrogens (tertiary/aromatic N) is 2. The highest BCUT2D eigenvalue weighted by atomic mass is 16.3. The van der Waals surface area contributed by atoms with Crippen LogP contribution in [0.3, 0.4) is 0 Å². The van der Waals surface area contributed by atoms with Crippen LogP contribution in [0.25, 0.3) is 0 Å². The monoisotopic (exact) mass is 379 g/mol. The second-order valence-electron chi connectivity index (χ2n) is 7.86. The van der Waals surface area contributed by atoms with Gasteiger partial charge in [-0.25, -0.2) is 0 Å². The zero-order valence-electron chi connectivity index (χ0n) is 16.3. The van der Waals surface area contributed by atoms with E-state index in [1.165, 1.54) is 11.1 Å². The smallest absolute Gasteiger partial charge is 0.224 e. The molecular formula is C23H29N3O2. The molecule has 28 heavy (non-hydrogen) atoms. The van der Waals surface area contributed by atoms with Crippen LogP contribution in [-0.2, 0) is 17.6 Å². The molecule has 1 saturated heterocycles. The van der Waals surface area contributed by atoms with Gasteiger partial charge in [0, 0.05) is 51.4 Å². The van der Waals surface area contributed by atoms with Crippen LogP contribution < -0.4 is 5.32 Å². The number of rotatable bonds is 6. The van der Waals surface area contributed by atoms with Gasteiger partial charge in [-0.1, -0.05) is 42.5 Å². The molecule has 1 amide bonds. The highest BCUT2D eigenvalue weighted by Gasteiger charge is 2.20. The molecule has 0 radical (unpaired) electrons. The lowest BCUT2D eigenvalue weighted by Gasteiger charge is -2.35. The summed E-state index contributed by atoms with van der Waals surface area (Å²) in [6.45, 7) is 5.85. The molecular weight excluding hydrogens is 350 g/mol. The minimum absolute atomic E-state index is 0.121. The fourth-order valence-corrected chi connectivity index (χ4v) is 4.10. The molecule has 0 saturated carbocycles. The van der Waals surface area contributed by atoms with Crippen molar-refractivity contribution in [1.82, 2.24) is 9.80 Å². The van der Waals surface area contributed by atoms with E-state index in [9.17, 15) is 9.90 Å². The maximum absolute atomic E-state index is 11.5. The van der Waals surface area contributed by atoms with Crippen molar-refractivity contribution in [3.05, 3.63) is 65.2 Å². The third-order valence-electron chi connectivity index (χ3n) is 5.86. The number of benzene rings is 2. The molecule has 4 rings (SSSR count). The van der Waals surface area contributed by atoms with Crippen LogP contribution >= 0.6 is 0 Å². The SMILES string of the molecule is O=C1CCc2cc(CCN3CCN(CC(O)c4ccccc4)CC3)ccc2N1. The number of aryl methyl sites for hydroxylation is 1. The summed E-state index contributed by atoms with van der Waals surface area (Å²) in [7, 11) is 0. The fourth-order valence-electron chi connectivity index (χ4n) is 4.10. The third-order valence-corrected chi connectivity index (χ3v) is 5.86. The van der Waals surface area contributed by atoms with E-state index in [1.807, 2.05) is 36.4 Å². The molecule has 0 aliphatic carbocycles. The van der Waals surface area contributed by atoms with Gasteiger partial charge >= 0.3 is 0 Å². The number of amides is 1. The molecule has 0 spiro atoms. The number of carbonyl (C=O) groups is 1. The summed E-state index contributed by atoms with van der Waals surface area (Å²) < 4.78 is 0. The van der Waals surface area contributed by atoms with Crippen LogP contribution in [0.4, 0.5) is 5.69 Å². The van der Waals surface area contributed by atoms with Crippen molar-refractivity contribution in [3.8, 4) is 0 Å². The molecule has 5 nitrogen and oxygen atoms in total. The van der Waals surface area contributed by atoms with Gasteiger partial charge in [-0.2, -0.15) is 0 Å². The Morgan fingerprint density at radius 1 is 0.964 bits per heavy atom. The van der Waals surface area contributed by atoms with Gasteiger partial charge in [0.1, 0.15) is 0 Å². The number of hydrogen-bond acceptors (Lipinski definition) is 4. The van der Waals surface area contributed by atoms with Crippen LogP contribution in [0.1, 0.15) is 29.2 Å². The Balaban J connectivity index is 1.22. The lowest BCUT2D eigenvalue weighted by molar-refractivity contribution is -0.116. The van der Waals surface area contributed by atoms with Crippen LogP contribution in [0.15, 0.2) is 48.5 Å². The van der Waals surface area contributed by atoms with Gasteiger partial charge in [-0.15, -0.1) is 0 Å². The van der Waals surface area contributed by atoms with Gasteiger partial charge in [-0.05, 0) is 35.6 Å². The lowest BCUT2D eigenvalue weighted by Crippen LogP contribution is -2.47. The summed E-state index contributed by atoms with van der Waals surface area (Å²) in [5.74, 6) is 0.121. The maximum Gasteiger partial charge on any atom is 0.224 e. The highest BCUT2D eigenvalue weighted by molar-refractivity contribution is 5.93. The Labute approximate surface area is 167 Å². The van der Waals surface area contributed by atoms with E-state index < -0.39 is 6.10 Å². The first-order valence-electron chi connectivity index (χ1n) is 10.3. The van der Waals surface area contributed by atoms with E-state index in [2.05, 4.69) is 27.2 Å². The number of aliphatic hydroxyl groups excluding tert-OH is 1. The van der Waals surface area contributed by atoms with Crippen molar-refractivity contribution in [1.29, 1.82) is 0 Å². The van der Waals surface area contributed by atoms with Gasteiger partial charge < -0.3 is 15.3 Å². The van der Waals surface area contributed by atoms with Crippen LogP contribution in [0.5, 0.6) is 0 Å². The predicted molar refractivity (Wildman–Crippen MR) is 111 cm³/mol. The van der Waals surface area contributed by atoms with Crippen molar-refractivity contribution in [3.63, 3.8) is 0 Å². The van der Waals surface area contributed by atoms with Gasteiger partial charge in [-0.3, -0.25) is 9.69 Å².